The Morgan fingerprint density at radius 2 is 2.00 bits per heavy atom. The van der Waals surface area contributed by atoms with E-state index in [0.717, 1.165) is 52.2 Å². The third kappa shape index (κ3) is 4.04. The van der Waals surface area contributed by atoms with Crippen LogP contribution in [-0.2, 0) is 4.74 Å². The van der Waals surface area contributed by atoms with Gasteiger partial charge in [-0.15, -0.1) is 0 Å². The maximum atomic E-state index is 12.6. The maximum Gasteiger partial charge on any atom is 0.222 e. The Morgan fingerprint density at radius 1 is 1.19 bits per heavy atom. The maximum absolute atomic E-state index is 12.6. The Bertz CT molecular complexity index is 1080. The highest BCUT2D eigenvalue weighted by atomic mass is 19.1. The normalized spacial score (nSPS) is 18.9. The Balaban J connectivity index is 1.78. The van der Waals surface area contributed by atoms with Gasteiger partial charge in [-0.2, -0.15) is 0 Å². The molecular formula is C24H31FN4O2. The molecule has 0 bridgehead atoms. The van der Waals surface area contributed by atoms with E-state index in [4.69, 9.17) is 19.4 Å². The molecule has 6 nitrogen and oxygen atoms in total. The molecule has 0 aromatic carbocycles. The summed E-state index contributed by atoms with van der Waals surface area (Å²) in [6.45, 7) is 9.54. The van der Waals surface area contributed by atoms with Gasteiger partial charge in [0.05, 0.1) is 48.2 Å². The Morgan fingerprint density at radius 3 is 2.71 bits per heavy atom. The summed E-state index contributed by atoms with van der Waals surface area (Å²) in [5.41, 5.74) is 6.93. The molecule has 4 rings (SSSR count). The first-order valence-corrected chi connectivity index (χ1v) is 10.9. The summed E-state index contributed by atoms with van der Waals surface area (Å²) < 4.78 is 26.2. The van der Waals surface area contributed by atoms with Gasteiger partial charge in [-0.3, -0.25) is 0 Å². The number of pyridine rings is 2. The van der Waals surface area contributed by atoms with Crippen molar-refractivity contribution in [3.63, 3.8) is 0 Å². The molecule has 1 N–H and O–H groups in total. The molecule has 3 aromatic rings. The zero-order valence-corrected chi connectivity index (χ0v) is 18.9. The second-order valence-electron chi connectivity index (χ2n) is 8.51. The minimum Gasteiger partial charge on any atom is -0.480 e. The number of ether oxygens (including phenoxy) is 2. The zero-order chi connectivity index (χ0) is 22.1. The van der Waals surface area contributed by atoms with E-state index in [9.17, 15) is 4.39 Å². The van der Waals surface area contributed by atoms with E-state index in [1.807, 2.05) is 6.07 Å². The molecule has 31 heavy (non-hydrogen) atoms. The first-order valence-electron chi connectivity index (χ1n) is 10.9. The Kier molecular flexibility index (Phi) is 6.25. The summed E-state index contributed by atoms with van der Waals surface area (Å²) in [4.78, 5) is 9.74. The lowest BCUT2D eigenvalue weighted by molar-refractivity contribution is 0.0342. The van der Waals surface area contributed by atoms with Crippen molar-refractivity contribution in [2.75, 3.05) is 33.5 Å². The number of alkyl halides is 1. The fourth-order valence-corrected chi connectivity index (χ4v) is 4.37. The summed E-state index contributed by atoms with van der Waals surface area (Å²) >= 11 is 0. The second kappa shape index (κ2) is 8.93. The van der Waals surface area contributed by atoms with Crippen molar-refractivity contribution < 1.29 is 13.9 Å². The molecule has 0 radical (unpaired) electrons. The quantitative estimate of drug-likeness (QED) is 0.609. The smallest absolute Gasteiger partial charge is 0.222 e. The molecule has 1 fully saturated rings. The van der Waals surface area contributed by atoms with Gasteiger partial charge in [0.1, 0.15) is 6.67 Å². The van der Waals surface area contributed by atoms with Crippen LogP contribution in [0.25, 0.3) is 22.3 Å². The lowest BCUT2D eigenvalue weighted by Gasteiger charge is -2.21. The van der Waals surface area contributed by atoms with Crippen LogP contribution in [0.1, 0.15) is 42.6 Å². The van der Waals surface area contributed by atoms with Gasteiger partial charge in [0.2, 0.25) is 5.88 Å². The summed E-state index contributed by atoms with van der Waals surface area (Å²) in [5.74, 6) is 0.918. The molecule has 0 unspecified atom stereocenters. The van der Waals surface area contributed by atoms with Crippen molar-refractivity contribution in [1.82, 2.24) is 19.9 Å². The van der Waals surface area contributed by atoms with Crippen molar-refractivity contribution in [3.05, 3.63) is 41.2 Å². The van der Waals surface area contributed by atoms with Gasteiger partial charge in [-0.25, -0.2) is 14.4 Å². The highest BCUT2D eigenvalue weighted by Gasteiger charge is 2.31. The molecule has 166 valence electrons. The second-order valence-corrected chi connectivity index (χ2v) is 8.51. The molecule has 2 atom stereocenters. The number of hydrogen-bond acceptors (Lipinski definition) is 5. The van der Waals surface area contributed by atoms with Crippen LogP contribution in [0.15, 0.2) is 24.4 Å². The standard InChI is InChI=1S/C24H31FN4O2/c1-14(2)18-7-6-17(24(27-18)30-5)22-15(3)10-19-23(28-22)16(4)13-29(19)20-11-26-12-21(20)31-9-8-25/h6-7,10,13-14,20-21,26H,8-9,11-12H2,1-5H3/t20-,21-/m1/s1. The number of nitrogens with one attached hydrogen (secondary N) is 1. The molecule has 7 heteroatoms. The third-order valence-electron chi connectivity index (χ3n) is 5.99. The number of aromatic nitrogens is 3. The number of hydrogen-bond donors (Lipinski definition) is 1. The fraction of sp³-hybridized carbons (Fsp3) is 0.500. The van der Waals surface area contributed by atoms with Crippen molar-refractivity contribution in [1.29, 1.82) is 0 Å². The van der Waals surface area contributed by atoms with Crippen LogP contribution in [0.5, 0.6) is 5.88 Å². The molecule has 0 amide bonds. The van der Waals surface area contributed by atoms with Crippen LogP contribution in [0.2, 0.25) is 0 Å². The lowest BCUT2D eigenvalue weighted by atomic mass is 10.0. The molecular weight excluding hydrogens is 395 g/mol. The number of nitrogens with zero attached hydrogens (tertiary/aromatic N) is 3. The molecule has 1 aliphatic heterocycles. The number of methoxy groups -OCH3 is 1. The number of halogens is 1. The summed E-state index contributed by atoms with van der Waals surface area (Å²) in [5, 5.41) is 3.37. The third-order valence-corrected chi connectivity index (χ3v) is 5.99. The number of rotatable bonds is 7. The van der Waals surface area contributed by atoms with Gasteiger partial charge in [0.15, 0.2) is 0 Å². The first-order chi connectivity index (χ1) is 14.9. The highest BCUT2D eigenvalue weighted by molar-refractivity contribution is 5.85. The van der Waals surface area contributed by atoms with Crippen LogP contribution in [0, 0.1) is 13.8 Å². The van der Waals surface area contributed by atoms with Gasteiger partial charge >= 0.3 is 0 Å². The molecule has 1 aliphatic rings. The molecule has 0 saturated carbocycles. The van der Waals surface area contributed by atoms with E-state index in [1.54, 1.807) is 7.11 Å². The van der Waals surface area contributed by atoms with Crippen molar-refractivity contribution in [3.8, 4) is 17.1 Å². The topological polar surface area (TPSA) is 61.2 Å². The van der Waals surface area contributed by atoms with E-state index >= 15 is 0 Å². The van der Waals surface area contributed by atoms with E-state index in [2.05, 4.69) is 55.9 Å². The van der Waals surface area contributed by atoms with E-state index in [1.165, 1.54) is 0 Å². The Labute approximate surface area is 182 Å². The summed E-state index contributed by atoms with van der Waals surface area (Å²) in [6, 6.07) is 6.38. The van der Waals surface area contributed by atoms with E-state index in [0.29, 0.717) is 11.8 Å². The average Bonchev–Trinajstić information content (AvgIpc) is 3.35. The number of fused-ring (bicyclic) bond motifs is 1. The highest BCUT2D eigenvalue weighted by Crippen LogP contribution is 2.35. The van der Waals surface area contributed by atoms with Gasteiger partial charge in [-0.1, -0.05) is 13.8 Å². The minimum absolute atomic E-state index is 0.0568. The van der Waals surface area contributed by atoms with Crippen LogP contribution < -0.4 is 10.1 Å². The van der Waals surface area contributed by atoms with E-state index in [-0.39, 0.29) is 18.8 Å². The van der Waals surface area contributed by atoms with Crippen LogP contribution in [0.3, 0.4) is 0 Å². The number of aryl methyl sites for hydroxylation is 2. The molecule has 3 aromatic heterocycles. The Hall–Kier alpha value is -2.51. The van der Waals surface area contributed by atoms with Crippen molar-refractivity contribution >= 4 is 11.0 Å². The molecule has 0 spiro atoms. The molecule has 0 aliphatic carbocycles. The van der Waals surface area contributed by atoms with Crippen LogP contribution in [0.4, 0.5) is 4.39 Å². The molecule has 4 heterocycles. The van der Waals surface area contributed by atoms with E-state index < -0.39 is 6.67 Å². The zero-order valence-electron chi connectivity index (χ0n) is 18.9. The monoisotopic (exact) mass is 426 g/mol. The van der Waals surface area contributed by atoms with Crippen molar-refractivity contribution in [2.24, 2.45) is 0 Å². The SMILES string of the molecule is COc1nc(C(C)C)ccc1-c1nc2c(C)cn([C@@H]3CNC[C@H]3OCCF)c2cc1C. The first kappa shape index (κ1) is 21.7. The van der Waals surface area contributed by atoms with Crippen molar-refractivity contribution in [2.45, 2.75) is 45.8 Å². The average molecular weight is 427 g/mol. The lowest BCUT2D eigenvalue weighted by Crippen LogP contribution is -2.26. The predicted octanol–water partition coefficient (Wildman–Crippen LogP) is 4.35. The fourth-order valence-electron chi connectivity index (χ4n) is 4.37. The van der Waals surface area contributed by atoms with Crippen LogP contribution >= 0.6 is 0 Å². The predicted molar refractivity (Wildman–Crippen MR) is 121 cm³/mol. The molecule has 1 saturated heterocycles. The van der Waals surface area contributed by atoms with Gasteiger partial charge in [0.25, 0.3) is 0 Å². The summed E-state index contributed by atoms with van der Waals surface area (Å²) in [6.07, 6.45) is 2.07. The van der Waals surface area contributed by atoms with Gasteiger partial charge in [0, 0.05) is 25.0 Å². The largest absolute Gasteiger partial charge is 0.480 e. The van der Waals surface area contributed by atoms with Gasteiger partial charge < -0.3 is 19.4 Å². The summed E-state index contributed by atoms with van der Waals surface area (Å²) in [7, 11) is 1.65. The van der Waals surface area contributed by atoms with Gasteiger partial charge in [-0.05, 0) is 49.1 Å². The minimum atomic E-state index is -0.468. The van der Waals surface area contributed by atoms with Crippen LogP contribution in [-0.4, -0.2) is 54.1 Å².